The minimum absolute atomic E-state index is 0.111. The van der Waals surface area contributed by atoms with Crippen molar-refractivity contribution in [3.63, 3.8) is 0 Å². The van der Waals surface area contributed by atoms with Gasteiger partial charge in [0.2, 0.25) is 11.8 Å². The summed E-state index contributed by atoms with van der Waals surface area (Å²) in [6.45, 7) is 12.8. The number of carbonyl (C=O) groups is 3. The molecule has 3 N–H and O–H groups in total. The number of aliphatic carboxylic acids is 1. The number of likely N-dealkylation sites (N-methyl/N-ethyl adjacent to an activating group) is 1. The van der Waals surface area contributed by atoms with Crippen LogP contribution in [0.5, 0.6) is 0 Å². The van der Waals surface area contributed by atoms with Gasteiger partial charge in [0.25, 0.3) is 0 Å². The minimum Gasteiger partial charge on any atom is -0.478 e. The zero-order valence-corrected chi connectivity index (χ0v) is 22.1. The third-order valence-corrected chi connectivity index (χ3v) is 6.41. The Labute approximate surface area is 201 Å². The van der Waals surface area contributed by atoms with Gasteiger partial charge in [-0.2, -0.15) is 0 Å². The molecule has 0 aromatic heterocycles. The molecular weight excluding hydrogens is 418 g/mol. The van der Waals surface area contributed by atoms with Gasteiger partial charge in [-0.15, -0.1) is 0 Å². The first-order valence-corrected chi connectivity index (χ1v) is 12.8. The van der Waals surface area contributed by atoms with E-state index < -0.39 is 17.6 Å². The van der Waals surface area contributed by atoms with Crippen LogP contribution >= 0.6 is 0 Å². The molecule has 2 amide bonds. The molecule has 1 aliphatic carbocycles. The molecule has 1 fully saturated rings. The van der Waals surface area contributed by atoms with Crippen LogP contribution in [0.2, 0.25) is 0 Å². The quantitative estimate of drug-likeness (QED) is 0.367. The largest absolute Gasteiger partial charge is 0.478 e. The maximum atomic E-state index is 13.3. The molecule has 0 saturated heterocycles. The summed E-state index contributed by atoms with van der Waals surface area (Å²) in [5.41, 5.74) is -0.477. The predicted octanol–water partition coefficient (Wildman–Crippen LogP) is 4.52. The fourth-order valence-electron chi connectivity index (χ4n) is 4.08. The number of hydrogen-bond donors (Lipinski definition) is 3. The van der Waals surface area contributed by atoms with Crippen molar-refractivity contribution < 1.29 is 19.5 Å². The van der Waals surface area contributed by atoms with Gasteiger partial charge in [-0.25, -0.2) is 4.79 Å². The van der Waals surface area contributed by atoms with Gasteiger partial charge in [-0.1, -0.05) is 66.4 Å². The zero-order valence-electron chi connectivity index (χ0n) is 22.1. The lowest BCUT2D eigenvalue weighted by atomic mass is 9.82. The van der Waals surface area contributed by atoms with Crippen LogP contribution in [0.25, 0.3) is 0 Å². The summed E-state index contributed by atoms with van der Waals surface area (Å²) in [6.07, 6.45) is 10.1. The molecule has 0 bridgehead atoms. The number of carboxylic acids is 1. The number of carbonyl (C=O) groups excluding carboxylic acids is 2. The summed E-state index contributed by atoms with van der Waals surface area (Å²) in [7, 11) is 1.66. The molecule has 0 spiro atoms. The highest BCUT2D eigenvalue weighted by Gasteiger charge is 2.39. The SMILES string of the molecule is CCC.CCCNC(CC)(CC)C(=O)NC(C(=O)N(C)C/C=C(\C)C(=O)O)C1CCCCC1. The second-order valence-corrected chi connectivity index (χ2v) is 9.18. The van der Waals surface area contributed by atoms with Crippen LogP contribution in [0.1, 0.15) is 99.3 Å². The van der Waals surface area contributed by atoms with E-state index in [-0.39, 0.29) is 29.9 Å². The van der Waals surface area contributed by atoms with Gasteiger partial charge >= 0.3 is 5.97 Å². The number of amides is 2. The molecule has 0 aromatic carbocycles. The smallest absolute Gasteiger partial charge is 0.331 e. The Morgan fingerprint density at radius 2 is 1.61 bits per heavy atom. The first kappa shape index (κ1) is 31.1. The summed E-state index contributed by atoms with van der Waals surface area (Å²) < 4.78 is 0. The van der Waals surface area contributed by atoms with Crippen molar-refractivity contribution in [3.05, 3.63) is 11.6 Å². The third-order valence-electron chi connectivity index (χ3n) is 6.41. The summed E-state index contributed by atoms with van der Waals surface area (Å²) >= 11 is 0. The van der Waals surface area contributed by atoms with Crippen LogP contribution in [-0.4, -0.2) is 59.5 Å². The van der Waals surface area contributed by atoms with Crippen LogP contribution < -0.4 is 10.6 Å². The summed E-state index contributed by atoms with van der Waals surface area (Å²) in [4.78, 5) is 39.2. The first-order valence-electron chi connectivity index (χ1n) is 12.8. The Bertz CT molecular complexity index is 623. The molecular formula is C26H49N3O4. The first-order chi connectivity index (χ1) is 15.6. The van der Waals surface area contributed by atoms with E-state index in [9.17, 15) is 14.4 Å². The van der Waals surface area contributed by atoms with Crippen molar-refractivity contribution in [1.29, 1.82) is 0 Å². The molecule has 7 heteroatoms. The highest BCUT2D eigenvalue weighted by Crippen LogP contribution is 2.28. The average molecular weight is 468 g/mol. The van der Waals surface area contributed by atoms with Gasteiger partial charge in [0, 0.05) is 19.2 Å². The maximum Gasteiger partial charge on any atom is 0.331 e. The highest BCUT2D eigenvalue weighted by molar-refractivity contribution is 5.92. The number of hydrogen-bond acceptors (Lipinski definition) is 4. The standard InChI is InChI=1S/C23H41N3O4.C3H8/c1-6-15-24-23(7-2,8-3)22(30)25-19(18-12-10-9-11-13-18)20(27)26(5)16-14-17(4)21(28)29;1-3-2/h14,18-19,24H,6-13,15-16H2,1-5H3,(H,25,30)(H,28,29);3H2,1-2H3/b17-14+;. The Morgan fingerprint density at radius 3 is 2.06 bits per heavy atom. The number of nitrogens with zero attached hydrogens (tertiary/aromatic N) is 1. The molecule has 7 nitrogen and oxygen atoms in total. The molecule has 192 valence electrons. The lowest BCUT2D eigenvalue weighted by Gasteiger charge is -2.37. The Balaban J connectivity index is 0.00000322. The molecule has 0 aromatic rings. The van der Waals surface area contributed by atoms with E-state index in [1.54, 1.807) is 7.05 Å². The van der Waals surface area contributed by atoms with Gasteiger partial charge in [0.05, 0.1) is 5.54 Å². The van der Waals surface area contributed by atoms with Crippen LogP contribution in [0.15, 0.2) is 11.6 Å². The second kappa shape index (κ2) is 16.7. The van der Waals surface area contributed by atoms with E-state index in [2.05, 4.69) is 31.4 Å². The van der Waals surface area contributed by atoms with Crippen molar-refractivity contribution in [2.75, 3.05) is 20.1 Å². The van der Waals surface area contributed by atoms with Crippen molar-refractivity contribution in [2.45, 2.75) is 111 Å². The molecule has 1 saturated carbocycles. The van der Waals surface area contributed by atoms with Crippen molar-refractivity contribution >= 4 is 17.8 Å². The van der Waals surface area contributed by atoms with E-state index in [1.807, 2.05) is 13.8 Å². The normalized spacial score (nSPS) is 15.8. The van der Waals surface area contributed by atoms with Crippen LogP contribution in [0.4, 0.5) is 0 Å². The molecule has 1 atom stereocenters. The van der Waals surface area contributed by atoms with Gasteiger partial charge in [0.1, 0.15) is 6.04 Å². The predicted molar refractivity (Wildman–Crippen MR) is 135 cm³/mol. The van der Waals surface area contributed by atoms with E-state index >= 15 is 0 Å². The van der Waals surface area contributed by atoms with Gasteiger partial charge < -0.3 is 20.6 Å². The summed E-state index contributed by atoms with van der Waals surface area (Å²) in [5, 5.41) is 15.5. The average Bonchev–Trinajstić information content (AvgIpc) is 2.82. The minimum atomic E-state index is -0.995. The molecule has 1 rings (SSSR count). The summed E-state index contributed by atoms with van der Waals surface area (Å²) in [5.74, 6) is -1.15. The van der Waals surface area contributed by atoms with E-state index in [4.69, 9.17) is 5.11 Å². The fourth-order valence-corrected chi connectivity index (χ4v) is 4.08. The monoisotopic (exact) mass is 467 g/mol. The topological polar surface area (TPSA) is 98.7 Å². The lowest BCUT2D eigenvalue weighted by Crippen LogP contribution is -2.62. The zero-order chi connectivity index (χ0) is 25.4. The van der Waals surface area contributed by atoms with Gasteiger partial charge in [-0.3, -0.25) is 9.59 Å². The number of carboxylic acid groups (broad SMARTS) is 1. The van der Waals surface area contributed by atoms with E-state index in [0.717, 1.165) is 45.1 Å². The lowest BCUT2D eigenvalue weighted by molar-refractivity contribution is -0.139. The van der Waals surface area contributed by atoms with E-state index in [1.165, 1.54) is 24.3 Å². The Kier molecular flexibility index (Phi) is 15.7. The van der Waals surface area contributed by atoms with Gasteiger partial charge in [-0.05, 0) is 51.5 Å². The molecule has 33 heavy (non-hydrogen) atoms. The third kappa shape index (κ3) is 10.3. The van der Waals surface area contributed by atoms with Crippen molar-refractivity contribution in [2.24, 2.45) is 5.92 Å². The number of nitrogens with one attached hydrogen (secondary N) is 2. The van der Waals surface area contributed by atoms with E-state index in [0.29, 0.717) is 12.8 Å². The Morgan fingerprint density at radius 1 is 1.06 bits per heavy atom. The second-order valence-electron chi connectivity index (χ2n) is 9.18. The molecule has 0 aliphatic heterocycles. The highest BCUT2D eigenvalue weighted by atomic mass is 16.4. The van der Waals surface area contributed by atoms with Gasteiger partial charge in [0.15, 0.2) is 0 Å². The van der Waals surface area contributed by atoms with Crippen LogP contribution in [0, 0.1) is 5.92 Å². The molecule has 1 unspecified atom stereocenters. The molecule has 0 radical (unpaired) electrons. The summed E-state index contributed by atoms with van der Waals surface area (Å²) in [6, 6.07) is -0.581. The van der Waals surface area contributed by atoms with Crippen LogP contribution in [-0.2, 0) is 14.4 Å². The molecule has 0 heterocycles. The Hall–Kier alpha value is -1.89. The van der Waals surface area contributed by atoms with Crippen molar-refractivity contribution in [3.8, 4) is 0 Å². The fraction of sp³-hybridized carbons (Fsp3) is 0.808. The molecule has 1 aliphatic rings. The van der Waals surface area contributed by atoms with Crippen molar-refractivity contribution in [1.82, 2.24) is 15.5 Å². The van der Waals surface area contributed by atoms with Crippen LogP contribution in [0.3, 0.4) is 0 Å². The number of rotatable bonds is 12. The maximum absolute atomic E-state index is 13.3.